The molecule has 2 rings (SSSR count). The van der Waals surface area contributed by atoms with Gasteiger partial charge < -0.3 is 25.2 Å². The molecule has 0 saturated heterocycles. The molecular weight excluding hydrogens is 470 g/mol. The number of hydrogen-bond acceptors (Lipinski definition) is 7. The molecule has 0 bridgehead atoms. The lowest BCUT2D eigenvalue weighted by atomic mass is 9.96. The smallest absolute Gasteiger partial charge is 0.336 e. The fourth-order valence-electron chi connectivity index (χ4n) is 2.98. The van der Waals surface area contributed by atoms with Gasteiger partial charge in [-0.2, -0.15) is 0 Å². The summed E-state index contributed by atoms with van der Waals surface area (Å²) in [5, 5.41) is 33.8. The number of carbonyl (C=O) groups is 3. The van der Waals surface area contributed by atoms with Crippen LogP contribution in [0.15, 0.2) is 42.6 Å². The van der Waals surface area contributed by atoms with Gasteiger partial charge >= 0.3 is 17.9 Å². The molecule has 0 atom stereocenters. The molecule has 192 valence electrons. The molecule has 1 aromatic heterocycles. The predicted octanol–water partition coefficient (Wildman–Crippen LogP) is 2.15. The second kappa shape index (κ2) is 14.7. The van der Waals surface area contributed by atoms with Crippen molar-refractivity contribution in [3.63, 3.8) is 0 Å². The summed E-state index contributed by atoms with van der Waals surface area (Å²) >= 11 is 0. The normalized spacial score (nSPS) is 11.0. The highest BCUT2D eigenvalue weighted by atomic mass is 19.2. The number of ether oxygens (including phenoxy) is 1. The van der Waals surface area contributed by atoms with Crippen LogP contribution < -0.4 is 0 Å². The Bertz CT molecular complexity index is 959. The number of aromatic nitrogens is 1. The summed E-state index contributed by atoms with van der Waals surface area (Å²) < 4.78 is 31.4. The Hall–Kier alpha value is -3.48. The number of nitrogens with zero attached hydrogens (tertiary/aromatic N) is 2. The molecule has 0 aliphatic carbocycles. The predicted molar refractivity (Wildman–Crippen MR) is 118 cm³/mol. The van der Waals surface area contributed by atoms with Gasteiger partial charge in [0.25, 0.3) is 0 Å². The topological polar surface area (TPSA) is 157 Å². The first-order valence-corrected chi connectivity index (χ1v) is 10.4. The molecule has 0 radical (unpaired) electrons. The minimum Gasteiger partial charge on any atom is -0.481 e. The maximum atomic E-state index is 13.3. The largest absolute Gasteiger partial charge is 0.481 e. The van der Waals surface area contributed by atoms with Crippen molar-refractivity contribution in [2.45, 2.75) is 38.0 Å². The zero-order valence-corrected chi connectivity index (χ0v) is 19.1. The van der Waals surface area contributed by atoms with Gasteiger partial charge in [-0.3, -0.25) is 19.5 Å². The molecule has 35 heavy (non-hydrogen) atoms. The zero-order chi connectivity index (χ0) is 26.4. The Kier molecular flexibility index (Phi) is 12.4. The van der Waals surface area contributed by atoms with E-state index in [0.717, 1.165) is 24.2 Å². The molecule has 0 aliphatic heterocycles. The van der Waals surface area contributed by atoms with E-state index in [2.05, 4.69) is 9.88 Å². The molecule has 4 N–H and O–H groups in total. The van der Waals surface area contributed by atoms with Crippen molar-refractivity contribution in [1.82, 2.24) is 9.88 Å². The van der Waals surface area contributed by atoms with Crippen LogP contribution in [0.4, 0.5) is 8.78 Å². The van der Waals surface area contributed by atoms with Crippen molar-refractivity contribution >= 4 is 17.9 Å². The number of rotatable bonds is 13. The number of methoxy groups -OCH3 is 1. The lowest BCUT2D eigenvalue weighted by Crippen LogP contribution is -2.42. The SMILES string of the molecule is COCCCN(Cc1ccc(F)c(F)c1)Cc1ccccn1.O=C(O)CC(O)(CC(=O)O)C(=O)O. The number of benzene rings is 1. The van der Waals surface area contributed by atoms with Gasteiger partial charge in [0.2, 0.25) is 0 Å². The highest BCUT2D eigenvalue weighted by Crippen LogP contribution is 2.16. The summed E-state index contributed by atoms with van der Waals surface area (Å²) in [5.74, 6) is -6.65. The third-order valence-corrected chi connectivity index (χ3v) is 4.61. The van der Waals surface area contributed by atoms with Crippen molar-refractivity contribution in [3.05, 3.63) is 65.5 Å². The van der Waals surface area contributed by atoms with E-state index in [1.165, 1.54) is 12.1 Å². The van der Waals surface area contributed by atoms with Gasteiger partial charge in [0, 0.05) is 39.5 Å². The molecule has 10 nitrogen and oxygen atoms in total. The molecule has 0 unspecified atom stereocenters. The van der Waals surface area contributed by atoms with Gasteiger partial charge in [-0.05, 0) is 36.2 Å². The van der Waals surface area contributed by atoms with Crippen LogP contribution in [0.25, 0.3) is 0 Å². The molecule has 1 aromatic carbocycles. The monoisotopic (exact) mass is 498 g/mol. The van der Waals surface area contributed by atoms with Gasteiger partial charge in [-0.15, -0.1) is 0 Å². The van der Waals surface area contributed by atoms with Crippen LogP contribution in [0.1, 0.15) is 30.5 Å². The highest BCUT2D eigenvalue weighted by Gasteiger charge is 2.40. The second-order valence-electron chi connectivity index (χ2n) is 7.60. The molecule has 1 heterocycles. The van der Waals surface area contributed by atoms with Crippen LogP contribution in [0.5, 0.6) is 0 Å². The third kappa shape index (κ3) is 11.5. The zero-order valence-electron chi connectivity index (χ0n) is 19.1. The number of carboxylic acids is 3. The summed E-state index contributed by atoms with van der Waals surface area (Å²) in [7, 11) is 1.67. The Balaban J connectivity index is 0.000000405. The minimum atomic E-state index is -2.74. The van der Waals surface area contributed by atoms with Gasteiger partial charge in [0.15, 0.2) is 17.2 Å². The summed E-state index contributed by atoms with van der Waals surface area (Å²) in [5.41, 5.74) is -1.05. The minimum absolute atomic E-state index is 0.539. The summed E-state index contributed by atoms with van der Waals surface area (Å²) in [4.78, 5) is 36.9. The van der Waals surface area contributed by atoms with Crippen molar-refractivity contribution in [1.29, 1.82) is 0 Å². The van der Waals surface area contributed by atoms with Crippen LogP contribution >= 0.6 is 0 Å². The number of pyridine rings is 1. The van der Waals surface area contributed by atoms with Crippen molar-refractivity contribution in [2.24, 2.45) is 0 Å². The first-order chi connectivity index (χ1) is 16.5. The number of carboxylic acid groups (broad SMARTS) is 3. The quantitative estimate of drug-likeness (QED) is 0.302. The number of aliphatic hydroxyl groups is 1. The van der Waals surface area contributed by atoms with E-state index in [-0.39, 0.29) is 0 Å². The van der Waals surface area contributed by atoms with E-state index in [4.69, 9.17) is 25.2 Å². The van der Waals surface area contributed by atoms with Crippen molar-refractivity contribution in [3.8, 4) is 0 Å². The molecule has 0 amide bonds. The lowest BCUT2D eigenvalue weighted by molar-refractivity contribution is -0.170. The summed E-state index contributed by atoms with van der Waals surface area (Å²) in [6.45, 7) is 2.65. The molecule has 0 saturated carbocycles. The van der Waals surface area contributed by atoms with Gasteiger partial charge in [0.05, 0.1) is 18.5 Å². The average molecular weight is 498 g/mol. The molecule has 12 heteroatoms. The standard InChI is InChI=1S/C17H20F2N2O.C6H8O7/c1-22-10-4-9-21(13-15-5-2-3-8-20-15)12-14-6-7-16(18)17(19)11-14;7-3(8)1-6(13,5(11)12)2-4(9)10/h2-3,5-8,11H,4,9-10,12-13H2,1H3;13H,1-2H2,(H,7,8)(H,9,10)(H,11,12). The van der Waals surface area contributed by atoms with E-state index in [0.29, 0.717) is 19.7 Å². The summed E-state index contributed by atoms with van der Waals surface area (Å²) in [6, 6.07) is 9.78. The fraction of sp³-hybridized carbons (Fsp3) is 0.391. The number of halogens is 2. The lowest BCUT2D eigenvalue weighted by Gasteiger charge is -2.22. The molecule has 0 spiro atoms. The second-order valence-corrected chi connectivity index (χ2v) is 7.60. The average Bonchev–Trinajstić information content (AvgIpc) is 2.76. The van der Waals surface area contributed by atoms with Gasteiger partial charge in [-0.25, -0.2) is 13.6 Å². The highest BCUT2D eigenvalue weighted by molar-refractivity contribution is 5.88. The van der Waals surface area contributed by atoms with E-state index in [1.807, 2.05) is 18.2 Å². The van der Waals surface area contributed by atoms with E-state index in [1.54, 1.807) is 19.4 Å². The van der Waals surface area contributed by atoms with E-state index < -0.39 is 48.0 Å². The summed E-state index contributed by atoms with van der Waals surface area (Å²) in [6.07, 6.45) is 0.330. The Morgan fingerprint density at radius 1 is 1.00 bits per heavy atom. The van der Waals surface area contributed by atoms with Gasteiger partial charge in [0.1, 0.15) is 0 Å². The van der Waals surface area contributed by atoms with Crippen molar-refractivity contribution < 1.29 is 48.3 Å². The van der Waals surface area contributed by atoms with E-state index >= 15 is 0 Å². The van der Waals surface area contributed by atoms with Crippen LogP contribution in [0.3, 0.4) is 0 Å². The van der Waals surface area contributed by atoms with E-state index in [9.17, 15) is 23.2 Å². The molecule has 0 aliphatic rings. The van der Waals surface area contributed by atoms with Crippen LogP contribution in [0, 0.1) is 11.6 Å². The Morgan fingerprint density at radius 2 is 1.66 bits per heavy atom. The Labute approximate surface area is 200 Å². The van der Waals surface area contributed by atoms with Crippen LogP contribution in [-0.2, 0) is 32.2 Å². The van der Waals surface area contributed by atoms with Gasteiger partial charge in [-0.1, -0.05) is 12.1 Å². The Morgan fingerprint density at radius 3 is 2.14 bits per heavy atom. The van der Waals surface area contributed by atoms with Crippen LogP contribution in [-0.4, -0.2) is 74.1 Å². The van der Waals surface area contributed by atoms with Crippen molar-refractivity contribution in [2.75, 3.05) is 20.3 Å². The molecule has 0 fully saturated rings. The third-order valence-electron chi connectivity index (χ3n) is 4.61. The van der Waals surface area contributed by atoms with Crippen LogP contribution in [0.2, 0.25) is 0 Å². The number of hydrogen-bond donors (Lipinski definition) is 4. The molecule has 2 aromatic rings. The first kappa shape index (κ1) is 29.6. The maximum absolute atomic E-state index is 13.3. The number of aliphatic carboxylic acids is 3. The maximum Gasteiger partial charge on any atom is 0.336 e. The first-order valence-electron chi connectivity index (χ1n) is 10.4. The fourth-order valence-corrected chi connectivity index (χ4v) is 2.98. The molecular formula is C23H28F2N2O8.